The van der Waals surface area contributed by atoms with E-state index < -0.39 is 0 Å². The zero-order valence-corrected chi connectivity index (χ0v) is 10.4. The average molecular weight is 243 g/mol. The third-order valence-electron chi connectivity index (χ3n) is 2.80. The summed E-state index contributed by atoms with van der Waals surface area (Å²) in [6, 6.07) is 0.444. The Bertz CT molecular complexity index is 326. The Labute approximate surface area is 99.3 Å². The number of aromatic nitrogens is 2. The topological polar surface area (TPSA) is 60.2 Å². The molecule has 1 N–H and O–H groups in total. The lowest BCUT2D eigenvalue weighted by Gasteiger charge is -2.20. The first kappa shape index (κ1) is 11.9. The summed E-state index contributed by atoms with van der Waals surface area (Å²) >= 11 is 1.60. The Kier molecular flexibility index (Phi) is 4.20. The van der Waals surface area contributed by atoms with Crippen LogP contribution in [0.4, 0.5) is 0 Å². The average Bonchev–Trinajstić information content (AvgIpc) is 2.91. The highest BCUT2D eigenvalue weighted by molar-refractivity contribution is 7.99. The standard InChI is InChI=1S/C10H17N3O2S/c1-7-12-13-10(15-7)16-6-9(11-2)8-3-4-14-5-8/h8-9,11H,3-6H2,1-2H3. The fraction of sp³-hybridized carbons (Fsp3) is 0.800. The van der Waals surface area contributed by atoms with Crippen molar-refractivity contribution in [2.24, 2.45) is 5.92 Å². The molecule has 90 valence electrons. The predicted octanol–water partition coefficient (Wildman–Crippen LogP) is 1.09. The zero-order chi connectivity index (χ0) is 11.4. The molecule has 2 heterocycles. The maximum Gasteiger partial charge on any atom is 0.276 e. The largest absolute Gasteiger partial charge is 0.416 e. The van der Waals surface area contributed by atoms with E-state index in [2.05, 4.69) is 15.5 Å². The van der Waals surface area contributed by atoms with Gasteiger partial charge in [-0.25, -0.2) is 0 Å². The molecule has 0 bridgehead atoms. The number of nitrogens with zero attached hydrogens (tertiary/aromatic N) is 2. The highest BCUT2D eigenvalue weighted by atomic mass is 32.2. The van der Waals surface area contributed by atoms with Crippen molar-refractivity contribution in [1.82, 2.24) is 15.5 Å². The van der Waals surface area contributed by atoms with Gasteiger partial charge in [0.05, 0.1) is 6.61 Å². The van der Waals surface area contributed by atoms with E-state index in [-0.39, 0.29) is 0 Å². The first-order valence-electron chi connectivity index (χ1n) is 5.47. The van der Waals surface area contributed by atoms with Crippen LogP contribution < -0.4 is 5.32 Å². The Hall–Kier alpha value is -0.590. The van der Waals surface area contributed by atoms with Crippen LogP contribution >= 0.6 is 11.8 Å². The second-order valence-corrected chi connectivity index (χ2v) is 4.89. The van der Waals surface area contributed by atoms with Crippen molar-refractivity contribution in [3.63, 3.8) is 0 Å². The first-order valence-corrected chi connectivity index (χ1v) is 6.46. The Balaban J connectivity index is 1.82. The minimum Gasteiger partial charge on any atom is -0.416 e. The quantitative estimate of drug-likeness (QED) is 0.781. The fourth-order valence-corrected chi connectivity index (χ4v) is 2.86. The molecular weight excluding hydrogens is 226 g/mol. The molecule has 0 aromatic carbocycles. The number of aryl methyl sites for hydroxylation is 1. The van der Waals surface area contributed by atoms with E-state index >= 15 is 0 Å². The van der Waals surface area contributed by atoms with Crippen molar-refractivity contribution in [1.29, 1.82) is 0 Å². The summed E-state index contributed by atoms with van der Waals surface area (Å²) < 4.78 is 10.7. The van der Waals surface area contributed by atoms with E-state index in [9.17, 15) is 0 Å². The summed E-state index contributed by atoms with van der Waals surface area (Å²) in [5, 5.41) is 11.8. The molecule has 2 rings (SSSR count). The molecule has 1 fully saturated rings. The first-order chi connectivity index (χ1) is 7.79. The molecule has 0 aliphatic carbocycles. The van der Waals surface area contributed by atoms with Crippen LogP contribution in [0.15, 0.2) is 9.64 Å². The molecule has 1 aromatic rings. The Morgan fingerprint density at radius 2 is 2.44 bits per heavy atom. The molecule has 1 saturated heterocycles. The van der Waals surface area contributed by atoms with E-state index in [1.165, 1.54) is 0 Å². The van der Waals surface area contributed by atoms with Gasteiger partial charge in [0, 0.05) is 31.2 Å². The summed E-state index contributed by atoms with van der Waals surface area (Å²) in [4.78, 5) is 0. The Morgan fingerprint density at radius 1 is 1.56 bits per heavy atom. The third-order valence-corrected chi connectivity index (χ3v) is 3.74. The van der Waals surface area contributed by atoms with Crippen LogP contribution in [0.3, 0.4) is 0 Å². The SMILES string of the molecule is CNC(CSc1nnc(C)o1)C1CCOC1. The second kappa shape index (κ2) is 5.65. The molecule has 2 unspecified atom stereocenters. The van der Waals surface area contributed by atoms with Crippen molar-refractivity contribution >= 4 is 11.8 Å². The van der Waals surface area contributed by atoms with Crippen LogP contribution in [0, 0.1) is 12.8 Å². The highest BCUT2D eigenvalue weighted by Crippen LogP contribution is 2.23. The van der Waals surface area contributed by atoms with Crippen LogP contribution in [0.25, 0.3) is 0 Å². The third kappa shape index (κ3) is 2.96. The van der Waals surface area contributed by atoms with E-state index in [1.54, 1.807) is 18.7 Å². The monoisotopic (exact) mass is 243 g/mol. The van der Waals surface area contributed by atoms with Gasteiger partial charge in [-0.2, -0.15) is 0 Å². The van der Waals surface area contributed by atoms with Gasteiger partial charge in [-0.15, -0.1) is 10.2 Å². The number of hydrogen-bond donors (Lipinski definition) is 1. The normalized spacial score (nSPS) is 22.5. The number of ether oxygens (including phenoxy) is 1. The summed E-state index contributed by atoms with van der Waals surface area (Å²) in [5.41, 5.74) is 0. The van der Waals surface area contributed by atoms with Crippen molar-refractivity contribution in [2.75, 3.05) is 26.0 Å². The lowest BCUT2D eigenvalue weighted by atomic mass is 10.0. The molecule has 1 aliphatic rings. The molecule has 5 nitrogen and oxygen atoms in total. The van der Waals surface area contributed by atoms with Gasteiger partial charge in [-0.05, 0) is 13.5 Å². The van der Waals surface area contributed by atoms with Gasteiger partial charge in [0.25, 0.3) is 5.22 Å². The lowest BCUT2D eigenvalue weighted by molar-refractivity contribution is 0.179. The van der Waals surface area contributed by atoms with Gasteiger partial charge in [-0.1, -0.05) is 11.8 Å². The number of hydrogen-bond acceptors (Lipinski definition) is 6. The predicted molar refractivity (Wildman–Crippen MR) is 61.5 cm³/mol. The fourth-order valence-electron chi connectivity index (χ4n) is 1.82. The molecule has 0 amide bonds. The molecule has 2 atom stereocenters. The molecule has 0 spiro atoms. The van der Waals surface area contributed by atoms with E-state index in [4.69, 9.17) is 9.15 Å². The molecule has 0 radical (unpaired) electrons. The van der Waals surface area contributed by atoms with Crippen LogP contribution in [-0.4, -0.2) is 42.3 Å². The van der Waals surface area contributed by atoms with E-state index in [0.29, 0.717) is 23.1 Å². The lowest BCUT2D eigenvalue weighted by Crippen LogP contribution is -2.36. The van der Waals surface area contributed by atoms with Gasteiger partial charge >= 0.3 is 0 Å². The molecule has 1 aliphatic heterocycles. The van der Waals surface area contributed by atoms with Crippen molar-refractivity contribution in [3.05, 3.63) is 5.89 Å². The van der Waals surface area contributed by atoms with Crippen LogP contribution in [0.5, 0.6) is 0 Å². The molecule has 1 aromatic heterocycles. The molecule has 6 heteroatoms. The van der Waals surface area contributed by atoms with Crippen LogP contribution in [-0.2, 0) is 4.74 Å². The second-order valence-electron chi connectivity index (χ2n) is 3.92. The van der Waals surface area contributed by atoms with Crippen LogP contribution in [0.2, 0.25) is 0 Å². The molecule has 0 saturated carbocycles. The van der Waals surface area contributed by atoms with Gasteiger partial charge < -0.3 is 14.5 Å². The number of rotatable bonds is 5. The zero-order valence-electron chi connectivity index (χ0n) is 9.60. The summed E-state index contributed by atoms with van der Waals surface area (Å²) in [6.45, 7) is 3.54. The van der Waals surface area contributed by atoms with Crippen molar-refractivity contribution in [2.45, 2.75) is 24.6 Å². The summed E-state index contributed by atoms with van der Waals surface area (Å²) in [7, 11) is 1.99. The molecule has 16 heavy (non-hydrogen) atoms. The molecular formula is C10H17N3O2S. The summed E-state index contributed by atoms with van der Waals surface area (Å²) in [5.74, 6) is 2.15. The minimum absolute atomic E-state index is 0.444. The van der Waals surface area contributed by atoms with Gasteiger partial charge in [-0.3, -0.25) is 0 Å². The van der Waals surface area contributed by atoms with E-state index in [1.807, 2.05) is 7.05 Å². The minimum atomic E-state index is 0.444. The highest BCUT2D eigenvalue weighted by Gasteiger charge is 2.25. The van der Waals surface area contributed by atoms with Crippen LogP contribution in [0.1, 0.15) is 12.3 Å². The maximum absolute atomic E-state index is 5.40. The van der Waals surface area contributed by atoms with Gasteiger partial charge in [0.15, 0.2) is 0 Å². The van der Waals surface area contributed by atoms with Gasteiger partial charge in [0.1, 0.15) is 0 Å². The van der Waals surface area contributed by atoms with E-state index in [0.717, 1.165) is 25.4 Å². The smallest absolute Gasteiger partial charge is 0.276 e. The number of thioether (sulfide) groups is 1. The maximum atomic E-state index is 5.40. The number of nitrogens with one attached hydrogen (secondary N) is 1. The van der Waals surface area contributed by atoms with Gasteiger partial charge in [0.2, 0.25) is 5.89 Å². The summed E-state index contributed by atoms with van der Waals surface area (Å²) in [6.07, 6.45) is 1.13. The van der Waals surface area contributed by atoms with Crippen molar-refractivity contribution in [3.8, 4) is 0 Å². The Morgan fingerprint density at radius 3 is 3.00 bits per heavy atom. The van der Waals surface area contributed by atoms with Crippen molar-refractivity contribution < 1.29 is 9.15 Å².